The van der Waals surface area contributed by atoms with E-state index < -0.39 is 0 Å². The molecule has 0 spiro atoms. The summed E-state index contributed by atoms with van der Waals surface area (Å²) < 4.78 is 0.749. The maximum atomic E-state index is 12.2. The molecule has 0 aliphatic heterocycles. The summed E-state index contributed by atoms with van der Waals surface area (Å²) in [6.07, 6.45) is 0. The fourth-order valence-corrected chi connectivity index (χ4v) is 2.27. The Bertz CT molecular complexity index is 719. The van der Waals surface area contributed by atoms with Gasteiger partial charge in [-0.25, -0.2) is 0 Å². The molecule has 0 heterocycles. The molecule has 0 fully saturated rings. The zero-order valence-electron chi connectivity index (χ0n) is 10.7. The monoisotopic (exact) mass is 367 g/mol. The van der Waals surface area contributed by atoms with Crippen molar-refractivity contribution in [2.45, 2.75) is 0 Å². The summed E-state index contributed by atoms with van der Waals surface area (Å²) in [5, 5.41) is 14.9. The maximum Gasteiger partial charge on any atom is 0.255 e. The Balaban J connectivity index is 2.35. The molecule has 21 heavy (non-hydrogen) atoms. The normalized spacial score (nSPS) is 11.2. The van der Waals surface area contributed by atoms with E-state index in [4.69, 9.17) is 22.5 Å². The highest BCUT2D eigenvalue weighted by Gasteiger charge is 2.12. The molecule has 2 rings (SSSR count). The van der Waals surface area contributed by atoms with Crippen LogP contribution in [0.5, 0.6) is 0 Å². The first-order chi connectivity index (χ1) is 10.0. The van der Waals surface area contributed by atoms with E-state index in [9.17, 15) is 4.79 Å². The van der Waals surface area contributed by atoms with E-state index in [2.05, 4.69) is 26.4 Å². The summed E-state index contributed by atoms with van der Waals surface area (Å²) in [6.45, 7) is 0. The lowest BCUT2D eigenvalue weighted by Gasteiger charge is -2.11. The van der Waals surface area contributed by atoms with Crippen LogP contribution in [-0.4, -0.2) is 17.0 Å². The highest BCUT2D eigenvalue weighted by molar-refractivity contribution is 9.10. The van der Waals surface area contributed by atoms with E-state index in [1.807, 2.05) is 0 Å². The van der Waals surface area contributed by atoms with Crippen molar-refractivity contribution in [2.24, 2.45) is 10.9 Å². The maximum absolute atomic E-state index is 12.2. The predicted octanol–water partition coefficient (Wildman–Crippen LogP) is 3.45. The standard InChI is InChI=1S/C14H11BrClN3O2/c15-9-4-5-11(13(17)19-21)12(7-9)18-14(20)8-2-1-3-10(16)6-8/h1-7,21H,(H2,17,19)(H,18,20). The second kappa shape index (κ2) is 6.60. The number of anilines is 1. The fraction of sp³-hybridized carbons (Fsp3) is 0. The summed E-state index contributed by atoms with van der Waals surface area (Å²) in [6, 6.07) is 11.6. The van der Waals surface area contributed by atoms with E-state index in [0.717, 1.165) is 4.47 Å². The molecule has 7 heteroatoms. The lowest BCUT2D eigenvalue weighted by atomic mass is 10.1. The van der Waals surface area contributed by atoms with Gasteiger partial charge in [0.15, 0.2) is 5.84 Å². The lowest BCUT2D eigenvalue weighted by Crippen LogP contribution is -2.19. The highest BCUT2D eigenvalue weighted by Crippen LogP contribution is 2.22. The van der Waals surface area contributed by atoms with Crippen LogP contribution in [0.3, 0.4) is 0 Å². The van der Waals surface area contributed by atoms with Crippen molar-refractivity contribution in [2.75, 3.05) is 5.32 Å². The molecule has 2 aromatic carbocycles. The van der Waals surface area contributed by atoms with Gasteiger partial charge in [0.2, 0.25) is 0 Å². The first kappa shape index (κ1) is 15.3. The molecule has 0 bridgehead atoms. The summed E-state index contributed by atoms with van der Waals surface area (Å²) in [5.74, 6) is -0.438. The third-order valence-corrected chi connectivity index (χ3v) is 3.43. The van der Waals surface area contributed by atoms with Gasteiger partial charge in [0.25, 0.3) is 5.91 Å². The van der Waals surface area contributed by atoms with E-state index >= 15 is 0 Å². The third-order valence-electron chi connectivity index (χ3n) is 2.70. The smallest absolute Gasteiger partial charge is 0.255 e. The Hall–Kier alpha value is -2.05. The van der Waals surface area contributed by atoms with Crippen LogP contribution in [0.25, 0.3) is 0 Å². The van der Waals surface area contributed by atoms with Crippen molar-refractivity contribution >= 4 is 45.0 Å². The van der Waals surface area contributed by atoms with Crippen LogP contribution in [0, 0.1) is 0 Å². The number of hydrogen-bond donors (Lipinski definition) is 3. The molecule has 0 atom stereocenters. The average Bonchev–Trinajstić information content (AvgIpc) is 2.46. The summed E-state index contributed by atoms with van der Waals surface area (Å²) in [7, 11) is 0. The van der Waals surface area contributed by atoms with Gasteiger partial charge < -0.3 is 16.3 Å². The number of carbonyl (C=O) groups excluding carboxylic acids is 1. The number of amidine groups is 1. The zero-order chi connectivity index (χ0) is 15.4. The Morgan fingerprint density at radius 3 is 2.71 bits per heavy atom. The predicted molar refractivity (Wildman–Crippen MR) is 86.1 cm³/mol. The number of nitrogens with zero attached hydrogens (tertiary/aromatic N) is 1. The summed E-state index contributed by atoms with van der Waals surface area (Å²) in [4.78, 5) is 12.2. The number of nitrogens with two attached hydrogens (primary N) is 1. The van der Waals surface area contributed by atoms with E-state index in [-0.39, 0.29) is 11.7 Å². The van der Waals surface area contributed by atoms with Crippen LogP contribution >= 0.6 is 27.5 Å². The molecule has 5 nitrogen and oxygen atoms in total. The quantitative estimate of drug-likeness (QED) is 0.335. The molecule has 1 amide bonds. The SMILES string of the molecule is N/C(=N/O)c1ccc(Br)cc1NC(=O)c1cccc(Cl)c1. The molecule has 0 radical (unpaired) electrons. The van der Waals surface area contributed by atoms with E-state index in [1.165, 1.54) is 0 Å². The second-order valence-electron chi connectivity index (χ2n) is 4.14. The van der Waals surface area contributed by atoms with Crippen molar-refractivity contribution in [3.63, 3.8) is 0 Å². The Labute approximate surface area is 134 Å². The van der Waals surface area contributed by atoms with Gasteiger partial charge >= 0.3 is 0 Å². The van der Waals surface area contributed by atoms with Gasteiger partial charge in [-0.3, -0.25) is 4.79 Å². The molecule has 108 valence electrons. The summed E-state index contributed by atoms with van der Waals surface area (Å²) in [5.41, 5.74) is 6.84. The zero-order valence-corrected chi connectivity index (χ0v) is 13.0. The molecule has 0 unspecified atom stereocenters. The molecule has 0 saturated heterocycles. The number of halogens is 2. The largest absolute Gasteiger partial charge is 0.409 e. The molecule has 0 aliphatic rings. The van der Waals surface area contributed by atoms with Gasteiger partial charge in [0, 0.05) is 20.6 Å². The number of nitrogens with one attached hydrogen (secondary N) is 1. The van der Waals surface area contributed by atoms with E-state index in [1.54, 1.807) is 42.5 Å². The van der Waals surface area contributed by atoms with Crippen LogP contribution in [0.4, 0.5) is 5.69 Å². The van der Waals surface area contributed by atoms with E-state index in [0.29, 0.717) is 21.8 Å². The van der Waals surface area contributed by atoms with Crippen LogP contribution in [0.1, 0.15) is 15.9 Å². The number of carbonyl (C=O) groups is 1. The minimum Gasteiger partial charge on any atom is -0.409 e. The second-order valence-corrected chi connectivity index (χ2v) is 5.49. The lowest BCUT2D eigenvalue weighted by molar-refractivity contribution is 0.102. The van der Waals surface area contributed by atoms with Gasteiger partial charge in [-0.15, -0.1) is 0 Å². The highest BCUT2D eigenvalue weighted by atomic mass is 79.9. The van der Waals surface area contributed by atoms with Crippen molar-refractivity contribution in [1.82, 2.24) is 0 Å². The Morgan fingerprint density at radius 1 is 1.29 bits per heavy atom. The van der Waals surface area contributed by atoms with Crippen molar-refractivity contribution in [3.8, 4) is 0 Å². The first-order valence-electron chi connectivity index (χ1n) is 5.85. The first-order valence-corrected chi connectivity index (χ1v) is 7.02. The minimum absolute atomic E-state index is 0.0936. The van der Waals surface area contributed by atoms with Crippen LogP contribution in [0.2, 0.25) is 5.02 Å². The minimum atomic E-state index is -0.345. The van der Waals surface area contributed by atoms with Gasteiger partial charge in [0.05, 0.1) is 5.69 Å². The molecular formula is C14H11BrClN3O2. The van der Waals surface area contributed by atoms with Gasteiger partial charge in [-0.2, -0.15) is 0 Å². The van der Waals surface area contributed by atoms with Crippen LogP contribution in [-0.2, 0) is 0 Å². The van der Waals surface area contributed by atoms with Crippen molar-refractivity contribution in [3.05, 3.63) is 63.1 Å². The average molecular weight is 369 g/mol. The number of amides is 1. The number of rotatable bonds is 3. The number of hydrogen-bond acceptors (Lipinski definition) is 3. The molecular weight excluding hydrogens is 358 g/mol. The third kappa shape index (κ3) is 3.74. The molecule has 2 aromatic rings. The van der Waals surface area contributed by atoms with Gasteiger partial charge in [-0.1, -0.05) is 38.8 Å². The van der Waals surface area contributed by atoms with Gasteiger partial charge in [0.1, 0.15) is 0 Å². The topological polar surface area (TPSA) is 87.7 Å². The number of benzene rings is 2. The molecule has 0 aliphatic carbocycles. The van der Waals surface area contributed by atoms with Crippen LogP contribution in [0.15, 0.2) is 52.1 Å². The Kier molecular flexibility index (Phi) is 4.82. The van der Waals surface area contributed by atoms with Crippen molar-refractivity contribution < 1.29 is 10.0 Å². The summed E-state index contributed by atoms with van der Waals surface area (Å²) >= 11 is 9.17. The molecule has 0 aromatic heterocycles. The van der Waals surface area contributed by atoms with Crippen LogP contribution < -0.4 is 11.1 Å². The fourth-order valence-electron chi connectivity index (χ4n) is 1.72. The van der Waals surface area contributed by atoms with Crippen molar-refractivity contribution in [1.29, 1.82) is 0 Å². The number of oxime groups is 1. The molecule has 0 saturated carbocycles. The molecule has 4 N–H and O–H groups in total. The van der Waals surface area contributed by atoms with Gasteiger partial charge in [-0.05, 0) is 36.4 Å². The Morgan fingerprint density at radius 2 is 2.05 bits per heavy atom.